The number of hydrogen-bond donors (Lipinski definition) is 2. The van der Waals surface area contributed by atoms with Crippen molar-refractivity contribution in [3.8, 4) is 0 Å². The molecule has 0 saturated heterocycles. The molecule has 0 aliphatic carbocycles. The van der Waals surface area contributed by atoms with Crippen LogP contribution in [0.15, 0.2) is 47.3 Å². The van der Waals surface area contributed by atoms with Gasteiger partial charge in [-0.15, -0.1) is 0 Å². The molecule has 2 N–H and O–H groups in total. The molecule has 3 aromatic rings. The number of aromatic nitrogens is 2. The van der Waals surface area contributed by atoms with Crippen LogP contribution in [0.4, 0.5) is 10.1 Å². The van der Waals surface area contributed by atoms with Crippen molar-refractivity contribution in [2.45, 2.75) is 13.5 Å². The topological polar surface area (TPSA) is 84.0 Å². The second kappa shape index (κ2) is 6.11. The molecule has 0 radical (unpaired) electrons. The van der Waals surface area contributed by atoms with Crippen LogP contribution in [0.1, 0.15) is 17.3 Å². The predicted octanol–water partition coefficient (Wildman–Crippen LogP) is 2.31. The SMILES string of the molecule is CC(=O)c1ccc(NC(=O)Cn2c(=O)[nH]c3cc(F)ccc32)cc1. The lowest BCUT2D eigenvalue weighted by atomic mass is 10.1. The summed E-state index contributed by atoms with van der Waals surface area (Å²) in [5.74, 6) is -0.936. The molecule has 122 valence electrons. The standard InChI is InChI=1S/C17H14FN3O3/c1-10(22)11-2-5-13(6-3-11)19-16(23)9-21-15-7-4-12(18)8-14(15)20-17(21)24/h2-8H,9H2,1H3,(H,19,23)(H,20,24). The van der Waals surface area contributed by atoms with Crippen molar-refractivity contribution < 1.29 is 14.0 Å². The average Bonchev–Trinajstić information content (AvgIpc) is 2.82. The van der Waals surface area contributed by atoms with E-state index in [1.54, 1.807) is 24.3 Å². The van der Waals surface area contributed by atoms with Gasteiger partial charge in [0.05, 0.1) is 11.0 Å². The average molecular weight is 327 g/mol. The Kier molecular flexibility index (Phi) is 3.99. The van der Waals surface area contributed by atoms with Crippen LogP contribution in [0.5, 0.6) is 0 Å². The largest absolute Gasteiger partial charge is 0.326 e. The van der Waals surface area contributed by atoms with Crippen molar-refractivity contribution in [3.05, 3.63) is 64.3 Å². The second-order valence-electron chi connectivity index (χ2n) is 5.36. The highest BCUT2D eigenvalue weighted by atomic mass is 19.1. The van der Waals surface area contributed by atoms with Crippen LogP contribution >= 0.6 is 0 Å². The highest BCUT2D eigenvalue weighted by Gasteiger charge is 2.11. The number of ketones is 1. The lowest BCUT2D eigenvalue weighted by Gasteiger charge is -2.07. The highest BCUT2D eigenvalue weighted by molar-refractivity contribution is 5.95. The van der Waals surface area contributed by atoms with E-state index in [4.69, 9.17) is 0 Å². The Morgan fingerprint density at radius 2 is 1.88 bits per heavy atom. The summed E-state index contributed by atoms with van der Waals surface area (Å²) in [4.78, 5) is 37.8. The van der Waals surface area contributed by atoms with Crippen molar-refractivity contribution in [3.63, 3.8) is 0 Å². The zero-order valence-electron chi connectivity index (χ0n) is 12.8. The summed E-state index contributed by atoms with van der Waals surface area (Å²) in [5.41, 5.74) is 1.35. The molecule has 0 saturated carbocycles. The Labute approximate surface area is 135 Å². The molecule has 2 aromatic carbocycles. The van der Waals surface area contributed by atoms with Crippen molar-refractivity contribution in [2.75, 3.05) is 5.32 Å². The Hall–Kier alpha value is -3.22. The Morgan fingerprint density at radius 1 is 1.17 bits per heavy atom. The number of H-pyrrole nitrogens is 1. The quantitative estimate of drug-likeness (QED) is 0.721. The number of benzene rings is 2. The van der Waals surface area contributed by atoms with Crippen LogP contribution in [-0.4, -0.2) is 21.2 Å². The Morgan fingerprint density at radius 3 is 2.54 bits per heavy atom. The van der Waals surface area contributed by atoms with Crippen LogP contribution in [0.3, 0.4) is 0 Å². The number of aromatic amines is 1. The van der Waals surface area contributed by atoms with Crippen LogP contribution in [0, 0.1) is 5.82 Å². The minimum Gasteiger partial charge on any atom is -0.325 e. The monoisotopic (exact) mass is 327 g/mol. The number of anilines is 1. The Balaban J connectivity index is 1.79. The molecule has 1 heterocycles. The molecule has 0 aliphatic heterocycles. The Bertz CT molecular complexity index is 986. The lowest BCUT2D eigenvalue weighted by Crippen LogP contribution is -2.25. The third-order valence-electron chi connectivity index (χ3n) is 3.61. The van der Waals surface area contributed by atoms with Gasteiger partial charge in [0, 0.05) is 11.3 Å². The van der Waals surface area contributed by atoms with Gasteiger partial charge in [0.2, 0.25) is 5.91 Å². The fraction of sp³-hybridized carbons (Fsp3) is 0.118. The zero-order valence-corrected chi connectivity index (χ0v) is 12.8. The second-order valence-corrected chi connectivity index (χ2v) is 5.36. The molecule has 0 spiro atoms. The zero-order chi connectivity index (χ0) is 17.3. The molecule has 1 aromatic heterocycles. The summed E-state index contributed by atoms with van der Waals surface area (Å²) >= 11 is 0. The molecular weight excluding hydrogens is 313 g/mol. The summed E-state index contributed by atoms with van der Waals surface area (Å²) in [6, 6.07) is 10.3. The fourth-order valence-electron chi connectivity index (χ4n) is 2.43. The number of Topliss-reactive ketones (excluding diaryl/α,β-unsaturated/α-hetero) is 1. The number of carbonyl (C=O) groups excluding carboxylic acids is 2. The fourth-order valence-corrected chi connectivity index (χ4v) is 2.43. The van der Waals surface area contributed by atoms with Gasteiger partial charge >= 0.3 is 5.69 Å². The first-order valence-electron chi connectivity index (χ1n) is 7.23. The molecule has 0 aliphatic rings. The number of nitrogens with zero attached hydrogens (tertiary/aromatic N) is 1. The van der Waals surface area contributed by atoms with E-state index in [2.05, 4.69) is 10.3 Å². The molecule has 7 heteroatoms. The van der Waals surface area contributed by atoms with Gasteiger partial charge in [0.25, 0.3) is 0 Å². The van der Waals surface area contributed by atoms with Crippen LogP contribution in [0.25, 0.3) is 11.0 Å². The minimum atomic E-state index is -0.488. The molecule has 24 heavy (non-hydrogen) atoms. The van der Waals surface area contributed by atoms with E-state index in [-0.39, 0.29) is 12.3 Å². The molecule has 1 amide bonds. The molecule has 0 unspecified atom stereocenters. The van der Waals surface area contributed by atoms with Crippen LogP contribution < -0.4 is 11.0 Å². The molecule has 6 nitrogen and oxygen atoms in total. The van der Waals surface area contributed by atoms with Crippen molar-refractivity contribution in [2.24, 2.45) is 0 Å². The highest BCUT2D eigenvalue weighted by Crippen LogP contribution is 2.13. The smallest absolute Gasteiger partial charge is 0.325 e. The van der Waals surface area contributed by atoms with E-state index < -0.39 is 17.4 Å². The number of halogens is 1. The molecule has 0 atom stereocenters. The van der Waals surface area contributed by atoms with Gasteiger partial charge in [-0.3, -0.25) is 14.2 Å². The van der Waals surface area contributed by atoms with Crippen LogP contribution in [0.2, 0.25) is 0 Å². The van der Waals surface area contributed by atoms with Crippen molar-refractivity contribution >= 4 is 28.4 Å². The lowest BCUT2D eigenvalue weighted by molar-refractivity contribution is -0.116. The number of imidazole rings is 1. The number of nitrogens with one attached hydrogen (secondary N) is 2. The summed E-state index contributed by atoms with van der Waals surface area (Å²) in [6.45, 7) is 1.25. The maximum absolute atomic E-state index is 13.2. The van der Waals surface area contributed by atoms with Gasteiger partial charge < -0.3 is 10.3 Å². The maximum Gasteiger partial charge on any atom is 0.326 e. The summed E-state index contributed by atoms with van der Waals surface area (Å²) in [6.07, 6.45) is 0. The van der Waals surface area contributed by atoms with Gasteiger partial charge in [-0.2, -0.15) is 0 Å². The van der Waals surface area contributed by atoms with Crippen LogP contribution in [-0.2, 0) is 11.3 Å². The number of carbonyl (C=O) groups is 2. The summed E-state index contributed by atoms with van der Waals surface area (Å²) in [7, 11) is 0. The molecule has 0 fully saturated rings. The van der Waals surface area contributed by atoms with Gasteiger partial charge in [0.15, 0.2) is 5.78 Å². The predicted molar refractivity (Wildman–Crippen MR) is 87.6 cm³/mol. The molecule has 0 bridgehead atoms. The van der Waals surface area contributed by atoms with E-state index in [1.165, 1.54) is 29.7 Å². The number of amides is 1. The maximum atomic E-state index is 13.2. The first-order valence-corrected chi connectivity index (χ1v) is 7.23. The minimum absolute atomic E-state index is 0.0644. The van der Waals surface area contributed by atoms with E-state index >= 15 is 0 Å². The van der Waals surface area contributed by atoms with E-state index in [0.29, 0.717) is 22.3 Å². The summed E-state index contributed by atoms with van der Waals surface area (Å²) in [5, 5.41) is 2.65. The third kappa shape index (κ3) is 3.10. The van der Waals surface area contributed by atoms with E-state index in [9.17, 15) is 18.8 Å². The number of hydrogen-bond acceptors (Lipinski definition) is 3. The molecule has 3 rings (SSSR count). The molecular formula is C17H14FN3O3. The summed E-state index contributed by atoms with van der Waals surface area (Å²) < 4.78 is 14.4. The number of rotatable bonds is 4. The first-order chi connectivity index (χ1) is 11.4. The third-order valence-corrected chi connectivity index (χ3v) is 3.61. The van der Waals surface area contributed by atoms with Crippen molar-refractivity contribution in [1.29, 1.82) is 0 Å². The normalized spacial score (nSPS) is 10.8. The number of fused-ring (bicyclic) bond motifs is 1. The van der Waals surface area contributed by atoms with Gasteiger partial charge in [0.1, 0.15) is 12.4 Å². The van der Waals surface area contributed by atoms with Gasteiger partial charge in [-0.05, 0) is 49.4 Å². The van der Waals surface area contributed by atoms with Gasteiger partial charge in [-0.25, -0.2) is 9.18 Å². The van der Waals surface area contributed by atoms with E-state index in [1.807, 2.05) is 0 Å². The van der Waals surface area contributed by atoms with Crippen molar-refractivity contribution in [1.82, 2.24) is 9.55 Å². The first kappa shape index (κ1) is 15.7. The van der Waals surface area contributed by atoms with E-state index in [0.717, 1.165) is 0 Å². The van der Waals surface area contributed by atoms with Gasteiger partial charge in [-0.1, -0.05) is 0 Å².